The molecule has 1 aromatic heterocycles. The second-order valence-electron chi connectivity index (χ2n) is 7.40. The molecular formula is C26H22ClN3O5S. The molecule has 10 heteroatoms. The van der Waals surface area contributed by atoms with Crippen molar-refractivity contribution in [2.24, 2.45) is 0 Å². The van der Waals surface area contributed by atoms with Crippen molar-refractivity contribution in [1.29, 1.82) is 0 Å². The highest BCUT2D eigenvalue weighted by atomic mass is 35.5. The van der Waals surface area contributed by atoms with Gasteiger partial charge in [-0.15, -0.1) is 5.10 Å². The van der Waals surface area contributed by atoms with Crippen LogP contribution in [0.4, 0.5) is 0 Å². The fraction of sp³-hybridized carbons (Fsp3) is 0.115. The number of nitrogens with one attached hydrogen (secondary N) is 1. The van der Waals surface area contributed by atoms with Crippen molar-refractivity contribution in [3.63, 3.8) is 0 Å². The molecule has 0 saturated heterocycles. The third-order valence-corrected chi connectivity index (χ3v) is 6.29. The van der Waals surface area contributed by atoms with E-state index in [1.807, 2.05) is 24.3 Å². The van der Waals surface area contributed by atoms with Crippen LogP contribution in [-0.4, -0.2) is 40.5 Å². The minimum Gasteiger partial charge on any atom is -0.497 e. The third-order valence-electron chi connectivity index (χ3n) is 5.05. The number of hydrogen-bond acceptors (Lipinski definition) is 7. The van der Waals surface area contributed by atoms with Gasteiger partial charge in [0.15, 0.2) is 5.82 Å². The lowest BCUT2D eigenvalue weighted by Gasteiger charge is -2.11. The number of carboxylic acids is 1. The number of halogens is 1. The minimum absolute atomic E-state index is 0.0255. The molecule has 0 aliphatic rings. The van der Waals surface area contributed by atoms with Crippen LogP contribution < -0.4 is 14.2 Å². The van der Waals surface area contributed by atoms with Gasteiger partial charge in [-0.3, -0.25) is 5.10 Å². The smallest absolute Gasteiger partial charge is 0.342 e. The van der Waals surface area contributed by atoms with Crippen molar-refractivity contribution in [2.75, 3.05) is 14.2 Å². The maximum atomic E-state index is 12.0. The molecule has 0 radical (unpaired) electrons. The summed E-state index contributed by atoms with van der Waals surface area (Å²) < 4.78 is 16.5. The van der Waals surface area contributed by atoms with E-state index in [1.165, 1.54) is 6.08 Å². The lowest BCUT2D eigenvalue weighted by atomic mass is 10.2. The molecule has 0 saturated carbocycles. The van der Waals surface area contributed by atoms with Crippen molar-refractivity contribution in [3.8, 4) is 28.6 Å². The average molecular weight is 524 g/mol. The maximum Gasteiger partial charge on any atom is 0.342 e. The average Bonchev–Trinajstić information content (AvgIpc) is 3.37. The molecule has 0 atom stereocenters. The Labute approximate surface area is 216 Å². The molecule has 8 nitrogen and oxygen atoms in total. The van der Waals surface area contributed by atoms with E-state index in [4.69, 9.17) is 25.8 Å². The summed E-state index contributed by atoms with van der Waals surface area (Å²) in [5.41, 5.74) is 2.11. The summed E-state index contributed by atoms with van der Waals surface area (Å²) in [6, 6.07) is 19.8. The number of aliphatic carboxylic acids is 1. The second kappa shape index (κ2) is 11.7. The fourth-order valence-corrected chi connectivity index (χ4v) is 4.13. The first kappa shape index (κ1) is 25.2. The number of ether oxygens (including phenoxy) is 3. The summed E-state index contributed by atoms with van der Waals surface area (Å²) in [4.78, 5) is 16.5. The molecule has 36 heavy (non-hydrogen) atoms. The molecule has 0 fully saturated rings. The molecule has 0 spiro atoms. The third kappa shape index (κ3) is 6.18. The maximum absolute atomic E-state index is 12.0. The van der Waals surface area contributed by atoms with Crippen LogP contribution in [0.1, 0.15) is 11.1 Å². The lowest BCUT2D eigenvalue weighted by molar-refractivity contribution is -0.131. The van der Waals surface area contributed by atoms with Gasteiger partial charge in [0.25, 0.3) is 0 Å². The van der Waals surface area contributed by atoms with E-state index in [2.05, 4.69) is 15.2 Å². The van der Waals surface area contributed by atoms with E-state index >= 15 is 0 Å². The molecule has 184 valence electrons. The second-order valence-corrected chi connectivity index (χ2v) is 8.82. The van der Waals surface area contributed by atoms with Gasteiger partial charge < -0.3 is 19.3 Å². The number of hydrogen-bond donors (Lipinski definition) is 2. The number of nitrogens with zero attached hydrogens (tertiary/aromatic N) is 2. The van der Waals surface area contributed by atoms with Gasteiger partial charge in [0, 0.05) is 27.8 Å². The summed E-state index contributed by atoms with van der Waals surface area (Å²) >= 11 is 7.14. The SMILES string of the molecule is COc1cc(OC)cc(-c2nc(S/C(=C\c3ccccc3OCc3ccccc3Cl)C(=O)O)n[nH]2)c1. The number of H-pyrrole nitrogens is 1. The van der Waals surface area contributed by atoms with E-state index in [0.717, 1.165) is 17.3 Å². The minimum atomic E-state index is -1.12. The first-order chi connectivity index (χ1) is 17.5. The summed E-state index contributed by atoms with van der Waals surface area (Å²) in [6.07, 6.45) is 1.53. The number of aromatic amines is 1. The number of carboxylic acid groups (broad SMARTS) is 1. The zero-order valence-corrected chi connectivity index (χ0v) is 21.0. The van der Waals surface area contributed by atoms with Crippen LogP contribution >= 0.6 is 23.4 Å². The molecule has 0 unspecified atom stereocenters. The van der Waals surface area contributed by atoms with Gasteiger partial charge in [0.2, 0.25) is 5.16 Å². The van der Waals surface area contributed by atoms with Crippen molar-refractivity contribution < 1.29 is 24.1 Å². The fourth-order valence-electron chi connectivity index (χ4n) is 3.24. The van der Waals surface area contributed by atoms with Gasteiger partial charge in [-0.25, -0.2) is 9.78 Å². The van der Waals surface area contributed by atoms with Gasteiger partial charge in [0.05, 0.1) is 14.2 Å². The Kier molecular flexibility index (Phi) is 8.14. The molecule has 0 amide bonds. The van der Waals surface area contributed by atoms with Crippen molar-refractivity contribution in [2.45, 2.75) is 11.8 Å². The van der Waals surface area contributed by atoms with Crippen molar-refractivity contribution in [3.05, 3.63) is 87.8 Å². The summed E-state index contributed by atoms with van der Waals surface area (Å²) in [5.74, 6) is 1.04. The van der Waals surface area contributed by atoms with Gasteiger partial charge in [0.1, 0.15) is 28.8 Å². The van der Waals surface area contributed by atoms with Gasteiger partial charge in [-0.2, -0.15) is 0 Å². The van der Waals surface area contributed by atoms with Crippen LogP contribution in [0.2, 0.25) is 5.02 Å². The summed E-state index contributed by atoms with van der Waals surface area (Å²) in [7, 11) is 3.11. The predicted molar refractivity (Wildman–Crippen MR) is 139 cm³/mol. The number of thioether (sulfide) groups is 1. The van der Waals surface area contributed by atoms with Crippen molar-refractivity contribution in [1.82, 2.24) is 15.2 Å². The molecule has 0 aliphatic heterocycles. The zero-order valence-electron chi connectivity index (χ0n) is 19.4. The standard InChI is InChI=1S/C26H22ClN3O5S/c1-33-19-11-18(12-20(14-19)34-2)24-28-26(30-29-24)36-23(25(31)32)13-16-7-4-6-10-22(16)35-15-17-8-3-5-9-21(17)27/h3-14H,15H2,1-2H3,(H,31,32)(H,28,29,30)/b23-13-. The highest BCUT2D eigenvalue weighted by Crippen LogP contribution is 2.32. The highest BCUT2D eigenvalue weighted by Gasteiger charge is 2.16. The van der Waals surface area contributed by atoms with Gasteiger partial charge in [-0.05, 0) is 42.1 Å². The van der Waals surface area contributed by atoms with E-state index < -0.39 is 5.97 Å². The van der Waals surface area contributed by atoms with Crippen molar-refractivity contribution >= 4 is 35.4 Å². The predicted octanol–water partition coefficient (Wildman–Crippen LogP) is 5.94. The quantitative estimate of drug-likeness (QED) is 0.194. The topological polar surface area (TPSA) is 107 Å². The first-order valence-corrected chi connectivity index (χ1v) is 11.9. The first-order valence-electron chi connectivity index (χ1n) is 10.7. The molecule has 2 N–H and O–H groups in total. The largest absolute Gasteiger partial charge is 0.497 e. The Balaban J connectivity index is 1.56. The normalized spacial score (nSPS) is 11.2. The van der Waals surface area contributed by atoms with Crippen LogP contribution in [0.5, 0.6) is 17.2 Å². The van der Waals surface area contributed by atoms with Crippen LogP contribution in [0.15, 0.2) is 76.8 Å². The van der Waals surface area contributed by atoms with Crippen LogP contribution in [0.3, 0.4) is 0 Å². The van der Waals surface area contributed by atoms with E-state index in [-0.39, 0.29) is 16.7 Å². The Morgan fingerprint density at radius 1 is 1.06 bits per heavy atom. The molecule has 1 heterocycles. The molecule has 0 bridgehead atoms. The highest BCUT2D eigenvalue weighted by molar-refractivity contribution is 8.04. The van der Waals surface area contributed by atoms with E-state index in [0.29, 0.717) is 39.2 Å². The number of benzene rings is 3. The number of carbonyl (C=O) groups is 1. The molecular weight excluding hydrogens is 502 g/mol. The number of rotatable bonds is 10. The van der Waals surface area contributed by atoms with Gasteiger partial charge in [-0.1, -0.05) is 48.0 Å². The number of para-hydroxylation sites is 1. The zero-order chi connectivity index (χ0) is 25.5. The van der Waals surface area contributed by atoms with Crippen LogP contribution in [0, 0.1) is 0 Å². The molecule has 4 rings (SSSR count). The molecule has 3 aromatic carbocycles. The number of methoxy groups -OCH3 is 2. The summed E-state index contributed by atoms with van der Waals surface area (Å²) in [5, 5.41) is 17.7. The summed E-state index contributed by atoms with van der Waals surface area (Å²) in [6.45, 7) is 0.244. The van der Waals surface area contributed by atoms with E-state index in [9.17, 15) is 9.90 Å². The lowest BCUT2D eigenvalue weighted by Crippen LogP contribution is -2.00. The van der Waals surface area contributed by atoms with E-state index in [1.54, 1.807) is 56.7 Å². The molecule has 0 aliphatic carbocycles. The Bertz CT molecular complexity index is 1380. The monoisotopic (exact) mass is 523 g/mol. The number of aromatic nitrogens is 3. The van der Waals surface area contributed by atoms with Crippen LogP contribution in [0.25, 0.3) is 17.5 Å². The van der Waals surface area contributed by atoms with Crippen LogP contribution in [-0.2, 0) is 11.4 Å². The molecule has 4 aromatic rings. The Hall–Kier alpha value is -3.95. The van der Waals surface area contributed by atoms with Gasteiger partial charge >= 0.3 is 5.97 Å². The Morgan fingerprint density at radius 3 is 2.44 bits per heavy atom. The Morgan fingerprint density at radius 2 is 1.75 bits per heavy atom.